The van der Waals surface area contributed by atoms with E-state index in [1.165, 1.54) is 5.56 Å². The number of aryl methyl sites for hydroxylation is 1. The molecule has 0 heterocycles. The maximum absolute atomic E-state index is 13.8. The van der Waals surface area contributed by atoms with E-state index >= 15 is 0 Å². The molecule has 5 nitrogen and oxygen atoms in total. The Hall–Kier alpha value is -3.60. The second kappa shape index (κ2) is 13.1. The molecule has 0 aliphatic rings. The van der Waals surface area contributed by atoms with Gasteiger partial charge in [0.25, 0.3) is 0 Å². The molecule has 0 aliphatic carbocycles. The van der Waals surface area contributed by atoms with Gasteiger partial charge >= 0.3 is 0 Å². The van der Waals surface area contributed by atoms with E-state index in [1.54, 1.807) is 12.0 Å². The first-order valence-electron chi connectivity index (χ1n) is 13.0. The van der Waals surface area contributed by atoms with Crippen LogP contribution in [-0.4, -0.2) is 36.4 Å². The number of methoxy groups -OCH3 is 1. The van der Waals surface area contributed by atoms with E-state index in [9.17, 15) is 9.59 Å². The molecule has 0 aromatic heterocycles. The lowest BCUT2D eigenvalue weighted by Gasteiger charge is -2.31. The molecule has 0 radical (unpaired) electrons. The summed E-state index contributed by atoms with van der Waals surface area (Å²) in [6, 6.07) is 25.4. The molecule has 0 saturated carbocycles. The van der Waals surface area contributed by atoms with Gasteiger partial charge in [-0.1, -0.05) is 87.5 Å². The summed E-state index contributed by atoms with van der Waals surface area (Å²) < 4.78 is 5.40. The molecule has 3 rings (SSSR count). The number of likely N-dealkylation sites (N-methyl/N-ethyl adjacent to an activating group) is 1. The molecule has 37 heavy (non-hydrogen) atoms. The summed E-state index contributed by atoms with van der Waals surface area (Å²) in [5, 5.41) is 2.95. The highest BCUT2D eigenvalue weighted by atomic mass is 16.5. The normalized spacial score (nSPS) is 12.0. The number of amides is 2. The summed E-state index contributed by atoms with van der Waals surface area (Å²) >= 11 is 0. The van der Waals surface area contributed by atoms with E-state index in [0.717, 1.165) is 22.4 Å². The van der Waals surface area contributed by atoms with Crippen molar-refractivity contribution in [1.29, 1.82) is 0 Å². The first-order valence-corrected chi connectivity index (χ1v) is 13.0. The van der Waals surface area contributed by atoms with E-state index in [2.05, 4.69) is 50.4 Å². The number of hydrogen-bond acceptors (Lipinski definition) is 3. The first-order chi connectivity index (χ1) is 17.7. The predicted octanol–water partition coefficient (Wildman–Crippen LogP) is 5.70. The van der Waals surface area contributed by atoms with E-state index in [0.29, 0.717) is 32.4 Å². The van der Waals surface area contributed by atoms with Gasteiger partial charge in [-0.3, -0.25) is 9.59 Å². The minimum atomic E-state index is -0.621. The lowest BCUT2D eigenvalue weighted by Crippen LogP contribution is -2.50. The summed E-state index contributed by atoms with van der Waals surface area (Å²) in [4.78, 5) is 28.8. The van der Waals surface area contributed by atoms with E-state index < -0.39 is 6.04 Å². The third kappa shape index (κ3) is 8.21. The van der Waals surface area contributed by atoms with Gasteiger partial charge in [0.15, 0.2) is 0 Å². The predicted molar refractivity (Wildman–Crippen MR) is 150 cm³/mol. The van der Waals surface area contributed by atoms with Gasteiger partial charge < -0.3 is 15.0 Å². The molecule has 0 spiro atoms. The molecular formula is C32H40N2O3. The van der Waals surface area contributed by atoms with Crippen molar-refractivity contribution in [1.82, 2.24) is 10.2 Å². The average molecular weight is 501 g/mol. The molecule has 1 atom stereocenters. The molecule has 196 valence electrons. The number of hydrogen-bond donors (Lipinski definition) is 1. The smallest absolute Gasteiger partial charge is 0.243 e. The van der Waals surface area contributed by atoms with Gasteiger partial charge in [0.1, 0.15) is 11.8 Å². The first kappa shape index (κ1) is 28.0. The maximum Gasteiger partial charge on any atom is 0.243 e. The molecule has 0 aliphatic heterocycles. The van der Waals surface area contributed by atoms with Gasteiger partial charge in [-0.05, 0) is 53.1 Å². The molecule has 0 bridgehead atoms. The number of carbonyl (C=O) groups is 2. The Labute approximate surface area is 221 Å². The van der Waals surface area contributed by atoms with Crippen molar-refractivity contribution in [2.75, 3.05) is 13.7 Å². The van der Waals surface area contributed by atoms with Crippen molar-refractivity contribution in [3.63, 3.8) is 0 Å². The van der Waals surface area contributed by atoms with Crippen molar-refractivity contribution in [2.24, 2.45) is 0 Å². The Morgan fingerprint density at radius 1 is 0.892 bits per heavy atom. The Bertz CT molecular complexity index is 1150. The van der Waals surface area contributed by atoms with Crippen molar-refractivity contribution in [2.45, 2.75) is 65.0 Å². The van der Waals surface area contributed by atoms with E-state index in [1.807, 2.05) is 61.5 Å². The lowest BCUT2D eigenvalue weighted by atomic mass is 9.86. The quantitative estimate of drug-likeness (QED) is 0.367. The van der Waals surface area contributed by atoms with Crippen molar-refractivity contribution in [3.05, 3.63) is 101 Å². The SMILES string of the molecule is CCNC(=O)[C@@H](Cc1ccccc1)N(Cc1cccc(OC)c1)C(=O)CCc1ccc(C(C)(C)C)cc1. The number of benzene rings is 3. The van der Waals surface area contributed by atoms with E-state index in [-0.39, 0.29) is 17.2 Å². The van der Waals surface area contributed by atoms with Crippen molar-refractivity contribution < 1.29 is 14.3 Å². The number of nitrogens with one attached hydrogen (secondary N) is 1. The third-order valence-corrected chi connectivity index (χ3v) is 6.56. The minimum absolute atomic E-state index is 0.0464. The minimum Gasteiger partial charge on any atom is -0.497 e. The summed E-state index contributed by atoms with van der Waals surface area (Å²) in [5.74, 6) is 0.536. The highest BCUT2D eigenvalue weighted by Gasteiger charge is 2.30. The topological polar surface area (TPSA) is 58.6 Å². The van der Waals surface area contributed by atoms with Gasteiger partial charge in [0.2, 0.25) is 11.8 Å². The van der Waals surface area contributed by atoms with Crippen LogP contribution in [0.15, 0.2) is 78.9 Å². The fourth-order valence-corrected chi connectivity index (χ4v) is 4.38. The average Bonchev–Trinajstić information content (AvgIpc) is 2.90. The summed E-state index contributed by atoms with van der Waals surface area (Å²) in [6.07, 6.45) is 1.39. The van der Waals surface area contributed by atoms with Gasteiger partial charge in [-0.25, -0.2) is 0 Å². The monoisotopic (exact) mass is 500 g/mol. The third-order valence-electron chi connectivity index (χ3n) is 6.56. The Morgan fingerprint density at radius 2 is 1.57 bits per heavy atom. The van der Waals surface area contributed by atoms with E-state index in [4.69, 9.17) is 4.74 Å². The molecule has 0 saturated heterocycles. The molecular weight excluding hydrogens is 460 g/mol. The fraction of sp³-hybridized carbons (Fsp3) is 0.375. The number of carbonyl (C=O) groups excluding carboxylic acids is 2. The Morgan fingerprint density at radius 3 is 2.19 bits per heavy atom. The number of rotatable bonds is 11. The molecule has 5 heteroatoms. The van der Waals surface area contributed by atoms with Crippen LogP contribution in [0.25, 0.3) is 0 Å². The van der Waals surface area contributed by atoms with Crippen molar-refractivity contribution >= 4 is 11.8 Å². The summed E-state index contributed by atoms with van der Waals surface area (Å²) in [7, 11) is 1.62. The Kier molecular flexibility index (Phi) is 9.90. The summed E-state index contributed by atoms with van der Waals surface area (Å²) in [6.45, 7) is 9.30. The van der Waals surface area contributed by atoms with Crippen LogP contribution in [0.1, 0.15) is 56.4 Å². The zero-order valence-corrected chi connectivity index (χ0v) is 22.8. The van der Waals surface area contributed by atoms with Crippen LogP contribution in [0, 0.1) is 0 Å². The number of ether oxygens (including phenoxy) is 1. The van der Waals surface area contributed by atoms with Crippen LogP contribution >= 0.6 is 0 Å². The highest BCUT2D eigenvalue weighted by molar-refractivity contribution is 5.88. The van der Waals surface area contributed by atoms with Gasteiger partial charge in [-0.2, -0.15) is 0 Å². The standard InChI is InChI=1S/C32H40N2O3/c1-6-33-31(36)29(22-25-11-8-7-9-12-25)34(23-26-13-10-14-28(21-26)37-5)30(35)20-17-24-15-18-27(19-16-24)32(2,3)4/h7-16,18-19,21,29H,6,17,20,22-23H2,1-5H3,(H,33,36)/t29-/m1/s1. The fourth-order valence-electron chi connectivity index (χ4n) is 4.38. The Balaban J connectivity index is 1.87. The zero-order chi connectivity index (χ0) is 26.8. The summed E-state index contributed by atoms with van der Waals surface area (Å²) in [5.41, 5.74) is 4.39. The van der Waals surface area contributed by atoms with Crippen LogP contribution in [-0.2, 0) is 34.4 Å². The second-order valence-corrected chi connectivity index (χ2v) is 10.4. The van der Waals surface area contributed by atoms with Crippen LogP contribution in [0.2, 0.25) is 0 Å². The van der Waals surface area contributed by atoms with Crippen LogP contribution in [0.3, 0.4) is 0 Å². The molecule has 3 aromatic rings. The molecule has 0 fully saturated rings. The maximum atomic E-state index is 13.8. The van der Waals surface area contributed by atoms with Gasteiger partial charge in [0.05, 0.1) is 7.11 Å². The largest absolute Gasteiger partial charge is 0.497 e. The molecule has 0 unspecified atom stereocenters. The van der Waals surface area contributed by atoms with Crippen LogP contribution in [0.5, 0.6) is 5.75 Å². The van der Waals surface area contributed by atoms with Crippen molar-refractivity contribution in [3.8, 4) is 5.75 Å². The molecule has 2 amide bonds. The van der Waals surface area contributed by atoms with Crippen LogP contribution < -0.4 is 10.1 Å². The second-order valence-electron chi connectivity index (χ2n) is 10.4. The lowest BCUT2D eigenvalue weighted by molar-refractivity contribution is -0.141. The highest BCUT2D eigenvalue weighted by Crippen LogP contribution is 2.23. The number of nitrogens with zero attached hydrogens (tertiary/aromatic N) is 1. The van der Waals surface area contributed by atoms with Crippen LogP contribution in [0.4, 0.5) is 0 Å². The van der Waals surface area contributed by atoms with Gasteiger partial charge in [-0.15, -0.1) is 0 Å². The zero-order valence-electron chi connectivity index (χ0n) is 22.8. The van der Waals surface area contributed by atoms with Gasteiger partial charge in [0, 0.05) is 25.9 Å². The molecule has 1 N–H and O–H groups in total. The molecule has 3 aromatic carbocycles.